The molecule has 2 heteroatoms. The minimum absolute atomic E-state index is 0.559. The third kappa shape index (κ3) is 3.86. The summed E-state index contributed by atoms with van der Waals surface area (Å²) in [5.74, 6) is 1.00. The van der Waals surface area contributed by atoms with Crippen molar-refractivity contribution in [2.45, 2.75) is 39.7 Å². The van der Waals surface area contributed by atoms with Gasteiger partial charge in [0.05, 0.1) is 7.11 Å². The first kappa shape index (κ1) is 13.0. The summed E-state index contributed by atoms with van der Waals surface area (Å²) in [7, 11) is 1.73. The van der Waals surface area contributed by atoms with Crippen LogP contribution in [0.5, 0.6) is 5.75 Å². The Bertz CT molecular complexity index is 321. The van der Waals surface area contributed by atoms with Crippen LogP contribution in [0.25, 0.3) is 0 Å². The first-order valence-electron chi connectivity index (χ1n) is 6.06. The Hall–Kier alpha value is -1.02. The first-order valence-corrected chi connectivity index (χ1v) is 6.06. The third-order valence-corrected chi connectivity index (χ3v) is 2.69. The second kappa shape index (κ2) is 6.54. The van der Waals surface area contributed by atoms with Gasteiger partial charge in [-0.1, -0.05) is 32.9 Å². The molecular weight excluding hydrogens is 198 g/mol. The Labute approximate surface area is 99.0 Å². The van der Waals surface area contributed by atoms with E-state index in [1.807, 2.05) is 0 Å². The number of methoxy groups -OCH3 is 1. The molecule has 2 nitrogen and oxygen atoms in total. The van der Waals surface area contributed by atoms with Gasteiger partial charge in [0.2, 0.25) is 0 Å². The first-order chi connectivity index (χ1) is 7.67. The number of rotatable bonds is 6. The van der Waals surface area contributed by atoms with Crippen LogP contribution in [0.15, 0.2) is 18.2 Å². The highest BCUT2D eigenvalue weighted by atomic mass is 16.5. The lowest BCUT2D eigenvalue weighted by Gasteiger charge is -2.11. The fourth-order valence-corrected chi connectivity index (χ4v) is 1.77. The zero-order valence-corrected chi connectivity index (χ0v) is 10.8. The summed E-state index contributed by atoms with van der Waals surface area (Å²) in [4.78, 5) is 0. The van der Waals surface area contributed by atoms with Gasteiger partial charge in [-0.2, -0.15) is 0 Å². The molecule has 1 N–H and O–H groups in total. The molecule has 0 radical (unpaired) electrons. The fourth-order valence-electron chi connectivity index (χ4n) is 1.77. The van der Waals surface area contributed by atoms with Crippen molar-refractivity contribution in [2.75, 3.05) is 13.7 Å². The van der Waals surface area contributed by atoms with E-state index in [1.165, 1.54) is 11.1 Å². The van der Waals surface area contributed by atoms with E-state index in [4.69, 9.17) is 4.74 Å². The van der Waals surface area contributed by atoms with Crippen LogP contribution in [-0.4, -0.2) is 19.7 Å². The summed E-state index contributed by atoms with van der Waals surface area (Å²) in [6.07, 6.45) is 2.10. The largest absolute Gasteiger partial charge is 0.496 e. The van der Waals surface area contributed by atoms with E-state index in [0.29, 0.717) is 6.04 Å². The van der Waals surface area contributed by atoms with Gasteiger partial charge >= 0.3 is 0 Å². The van der Waals surface area contributed by atoms with Crippen molar-refractivity contribution >= 4 is 0 Å². The summed E-state index contributed by atoms with van der Waals surface area (Å²) in [6.45, 7) is 7.54. The van der Waals surface area contributed by atoms with Gasteiger partial charge in [-0.05, 0) is 36.6 Å². The van der Waals surface area contributed by atoms with Crippen LogP contribution < -0.4 is 10.1 Å². The van der Waals surface area contributed by atoms with Crippen LogP contribution in [0, 0.1) is 0 Å². The Morgan fingerprint density at radius 1 is 1.31 bits per heavy atom. The van der Waals surface area contributed by atoms with Gasteiger partial charge in [-0.15, -0.1) is 0 Å². The van der Waals surface area contributed by atoms with Crippen LogP contribution in [0.4, 0.5) is 0 Å². The Morgan fingerprint density at radius 3 is 2.62 bits per heavy atom. The molecule has 0 aliphatic heterocycles. The molecular formula is C14H23NO. The molecule has 0 heterocycles. The maximum atomic E-state index is 5.32. The average Bonchev–Trinajstić information content (AvgIpc) is 2.28. The second-order valence-electron chi connectivity index (χ2n) is 4.36. The summed E-state index contributed by atoms with van der Waals surface area (Å²) < 4.78 is 5.32. The highest BCUT2D eigenvalue weighted by Gasteiger charge is 2.02. The van der Waals surface area contributed by atoms with Gasteiger partial charge in [-0.3, -0.25) is 0 Å². The molecule has 90 valence electrons. The number of hydrogen-bond donors (Lipinski definition) is 1. The SMILES string of the molecule is CCc1cc(CCNC(C)C)ccc1OC. The van der Waals surface area contributed by atoms with Crippen molar-refractivity contribution in [3.05, 3.63) is 29.3 Å². The molecule has 0 bridgehead atoms. The molecule has 0 fully saturated rings. The molecule has 0 aromatic heterocycles. The molecule has 0 saturated carbocycles. The molecule has 0 aliphatic carbocycles. The molecule has 16 heavy (non-hydrogen) atoms. The molecule has 0 saturated heterocycles. The second-order valence-corrected chi connectivity index (χ2v) is 4.36. The predicted molar refractivity (Wildman–Crippen MR) is 69.2 cm³/mol. The number of hydrogen-bond acceptors (Lipinski definition) is 2. The monoisotopic (exact) mass is 221 g/mol. The normalized spacial score (nSPS) is 10.8. The highest BCUT2D eigenvalue weighted by molar-refractivity contribution is 5.37. The van der Waals surface area contributed by atoms with Crippen molar-refractivity contribution in [3.63, 3.8) is 0 Å². The van der Waals surface area contributed by atoms with Crippen molar-refractivity contribution in [1.82, 2.24) is 5.32 Å². The summed E-state index contributed by atoms with van der Waals surface area (Å²) in [5, 5.41) is 3.43. The smallest absolute Gasteiger partial charge is 0.122 e. The summed E-state index contributed by atoms with van der Waals surface area (Å²) >= 11 is 0. The minimum atomic E-state index is 0.559. The predicted octanol–water partition coefficient (Wildman–Crippen LogP) is 2.80. The third-order valence-electron chi connectivity index (χ3n) is 2.69. The lowest BCUT2D eigenvalue weighted by Crippen LogP contribution is -2.24. The molecule has 1 aromatic carbocycles. The van der Waals surface area contributed by atoms with Crippen LogP contribution in [-0.2, 0) is 12.8 Å². The minimum Gasteiger partial charge on any atom is -0.496 e. The van der Waals surface area contributed by atoms with Gasteiger partial charge in [0.15, 0.2) is 0 Å². The molecule has 0 amide bonds. The van der Waals surface area contributed by atoms with Crippen molar-refractivity contribution in [2.24, 2.45) is 0 Å². The van der Waals surface area contributed by atoms with E-state index in [2.05, 4.69) is 44.3 Å². The van der Waals surface area contributed by atoms with Gasteiger partial charge in [0.25, 0.3) is 0 Å². The van der Waals surface area contributed by atoms with Crippen molar-refractivity contribution < 1.29 is 4.74 Å². The fraction of sp³-hybridized carbons (Fsp3) is 0.571. The van der Waals surface area contributed by atoms with E-state index < -0.39 is 0 Å². The maximum Gasteiger partial charge on any atom is 0.122 e. The Balaban J connectivity index is 2.60. The van der Waals surface area contributed by atoms with Crippen LogP contribution in [0.2, 0.25) is 0 Å². The van der Waals surface area contributed by atoms with Crippen LogP contribution >= 0.6 is 0 Å². The zero-order valence-electron chi connectivity index (χ0n) is 10.8. The molecule has 0 atom stereocenters. The van der Waals surface area contributed by atoms with Crippen LogP contribution in [0.3, 0.4) is 0 Å². The summed E-state index contributed by atoms with van der Waals surface area (Å²) in [5.41, 5.74) is 2.68. The van der Waals surface area contributed by atoms with Gasteiger partial charge in [-0.25, -0.2) is 0 Å². The number of nitrogens with one attached hydrogen (secondary N) is 1. The van der Waals surface area contributed by atoms with E-state index in [1.54, 1.807) is 7.11 Å². The number of aryl methyl sites for hydroxylation is 1. The maximum absolute atomic E-state index is 5.32. The van der Waals surface area contributed by atoms with Gasteiger partial charge in [0, 0.05) is 6.04 Å². The average molecular weight is 221 g/mol. The van der Waals surface area contributed by atoms with Crippen molar-refractivity contribution in [1.29, 1.82) is 0 Å². The Morgan fingerprint density at radius 2 is 2.06 bits per heavy atom. The topological polar surface area (TPSA) is 21.3 Å². The van der Waals surface area contributed by atoms with Gasteiger partial charge < -0.3 is 10.1 Å². The number of ether oxygens (including phenoxy) is 1. The quantitative estimate of drug-likeness (QED) is 0.797. The van der Waals surface area contributed by atoms with Gasteiger partial charge in [0.1, 0.15) is 5.75 Å². The highest BCUT2D eigenvalue weighted by Crippen LogP contribution is 2.20. The standard InChI is InChI=1S/C14H23NO/c1-5-13-10-12(6-7-14(13)16-4)8-9-15-11(2)3/h6-7,10-11,15H,5,8-9H2,1-4H3. The zero-order chi connectivity index (χ0) is 12.0. The molecule has 0 spiro atoms. The molecule has 0 unspecified atom stereocenters. The van der Waals surface area contributed by atoms with Crippen LogP contribution in [0.1, 0.15) is 31.9 Å². The molecule has 1 aromatic rings. The van der Waals surface area contributed by atoms with E-state index in [9.17, 15) is 0 Å². The van der Waals surface area contributed by atoms with E-state index >= 15 is 0 Å². The molecule has 0 aliphatic rings. The Kier molecular flexibility index (Phi) is 5.33. The number of benzene rings is 1. The summed E-state index contributed by atoms with van der Waals surface area (Å²) in [6, 6.07) is 7.04. The molecule has 1 rings (SSSR count). The van der Waals surface area contributed by atoms with E-state index in [-0.39, 0.29) is 0 Å². The van der Waals surface area contributed by atoms with E-state index in [0.717, 1.165) is 25.1 Å². The lowest BCUT2D eigenvalue weighted by molar-refractivity contribution is 0.410. The van der Waals surface area contributed by atoms with Crippen molar-refractivity contribution in [3.8, 4) is 5.75 Å². The lowest BCUT2D eigenvalue weighted by atomic mass is 10.1.